The lowest BCUT2D eigenvalue weighted by atomic mass is 9.84. The molecule has 0 aromatic heterocycles. The molecule has 0 aromatic rings. The maximum atomic E-state index is 6.36. The van der Waals surface area contributed by atoms with Gasteiger partial charge in [-0.3, -0.25) is 0 Å². The summed E-state index contributed by atoms with van der Waals surface area (Å²) in [4.78, 5) is 0. The van der Waals surface area contributed by atoms with Crippen molar-refractivity contribution in [3.63, 3.8) is 0 Å². The van der Waals surface area contributed by atoms with Crippen molar-refractivity contribution in [1.82, 2.24) is 0 Å². The summed E-state index contributed by atoms with van der Waals surface area (Å²) in [5.74, 6) is 0.850. The van der Waals surface area contributed by atoms with Crippen LogP contribution in [-0.2, 0) is 4.74 Å². The molecule has 1 nitrogen and oxygen atoms in total. The molecule has 2 saturated carbocycles. The summed E-state index contributed by atoms with van der Waals surface area (Å²) >= 11 is 2.58. The highest BCUT2D eigenvalue weighted by Gasteiger charge is 2.32. The molecule has 15 heavy (non-hydrogen) atoms. The molecule has 0 aliphatic heterocycles. The van der Waals surface area contributed by atoms with Gasteiger partial charge in [0.1, 0.15) is 0 Å². The molecule has 0 amide bonds. The van der Waals surface area contributed by atoms with E-state index in [1.165, 1.54) is 51.4 Å². The van der Waals surface area contributed by atoms with Gasteiger partial charge in [0, 0.05) is 3.92 Å². The molecule has 0 aromatic carbocycles. The zero-order chi connectivity index (χ0) is 10.7. The van der Waals surface area contributed by atoms with Crippen molar-refractivity contribution in [1.29, 1.82) is 0 Å². The molecular weight excluding hydrogens is 299 g/mol. The fraction of sp³-hybridized carbons (Fsp3) is 1.00. The summed E-state index contributed by atoms with van der Waals surface area (Å²) < 4.78 is 7.14. The fourth-order valence-corrected chi connectivity index (χ4v) is 4.05. The normalized spacial score (nSPS) is 42.0. The Bertz CT molecular complexity index is 195. The van der Waals surface area contributed by atoms with Crippen LogP contribution in [0.4, 0.5) is 0 Å². The van der Waals surface area contributed by atoms with Crippen LogP contribution in [-0.4, -0.2) is 16.1 Å². The lowest BCUT2D eigenvalue weighted by Gasteiger charge is -2.33. The van der Waals surface area contributed by atoms with Gasteiger partial charge in [0.2, 0.25) is 0 Å². The first-order valence-electron chi connectivity index (χ1n) is 6.60. The van der Waals surface area contributed by atoms with E-state index in [2.05, 4.69) is 29.5 Å². The lowest BCUT2D eigenvalue weighted by Crippen LogP contribution is -2.33. The smallest absolute Gasteiger partial charge is 0.0696 e. The Kier molecular flexibility index (Phi) is 4.74. The second-order valence-electron chi connectivity index (χ2n) is 5.11. The monoisotopic (exact) mass is 322 g/mol. The molecule has 0 heterocycles. The van der Waals surface area contributed by atoms with E-state index in [1.54, 1.807) is 0 Å². The van der Waals surface area contributed by atoms with Crippen LogP contribution in [0, 0.1) is 5.92 Å². The van der Waals surface area contributed by atoms with E-state index >= 15 is 0 Å². The van der Waals surface area contributed by atoms with Gasteiger partial charge in [-0.25, -0.2) is 0 Å². The van der Waals surface area contributed by atoms with Gasteiger partial charge in [-0.15, -0.1) is 0 Å². The Labute approximate surface area is 107 Å². The number of hydrogen-bond donors (Lipinski definition) is 0. The maximum Gasteiger partial charge on any atom is 0.0696 e. The van der Waals surface area contributed by atoms with Crippen molar-refractivity contribution in [2.75, 3.05) is 0 Å². The third-order valence-corrected chi connectivity index (χ3v) is 5.51. The van der Waals surface area contributed by atoms with Gasteiger partial charge in [0.25, 0.3) is 0 Å². The molecule has 0 N–H and O–H groups in total. The lowest BCUT2D eigenvalue weighted by molar-refractivity contribution is -0.0539. The fourth-order valence-electron chi connectivity index (χ4n) is 3.08. The number of ether oxygens (including phenoxy) is 1. The Morgan fingerprint density at radius 1 is 1.00 bits per heavy atom. The Hall–Kier alpha value is 0.690. The Balaban J connectivity index is 1.85. The molecule has 2 fully saturated rings. The molecule has 0 spiro atoms. The van der Waals surface area contributed by atoms with E-state index in [9.17, 15) is 0 Å². The van der Waals surface area contributed by atoms with Crippen LogP contribution in [0.1, 0.15) is 58.3 Å². The van der Waals surface area contributed by atoms with Gasteiger partial charge in [0.05, 0.1) is 12.2 Å². The molecule has 2 heteroatoms. The second-order valence-corrected chi connectivity index (χ2v) is 6.71. The minimum Gasteiger partial charge on any atom is -0.374 e. The van der Waals surface area contributed by atoms with Crippen molar-refractivity contribution < 1.29 is 4.74 Å². The van der Waals surface area contributed by atoms with E-state index in [-0.39, 0.29) is 0 Å². The van der Waals surface area contributed by atoms with E-state index in [0.717, 1.165) is 9.84 Å². The first-order chi connectivity index (χ1) is 7.31. The molecule has 4 unspecified atom stereocenters. The molecular formula is C13H23IO. The average Bonchev–Trinajstić information content (AvgIpc) is 2.65. The van der Waals surface area contributed by atoms with Crippen molar-refractivity contribution in [3.05, 3.63) is 0 Å². The topological polar surface area (TPSA) is 9.23 Å². The van der Waals surface area contributed by atoms with Crippen LogP contribution in [0.15, 0.2) is 0 Å². The van der Waals surface area contributed by atoms with Crippen LogP contribution in [0.25, 0.3) is 0 Å². The second kappa shape index (κ2) is 5.85. The van der Waals surface area contributed by atoms with Gasteiger partial charge in [0.15, 0.2) is 0 Å². The van der Waals surface area contributed by atoms with Crippen LogP contribution in [0.5, 0.6) is 0 Å². The number of halogens is 1. The van der Waals surface area contributed by atoms with E-state index in [0.29, 0.717) is 12.2 Å². The minimum atomic E-state index is 0.572. The molecule has 88 valence electrons. The zero-order valence-corrected chi connectivity index (χ0v) is 11.9. The highest BCUT2D eigenvalue weighted by molar-refractivity contribution is 14.1. The van der Waals surface area contributed by atoms with Crippen LogP contribution >= 0.6 is 22.6 Å². The quantitative estimate of drug-likeness (QED) is 0.555. The third-order valence-electron chi connectivity index (χ3n) is 4.09. The maximum absolute atomic E-state index is 6.36. The van der Waals surface area contributed by atoms with Crippen molar-refractivity contribution in [2.24, 2.45) is 5.92 Å². The first-order valence-corrected chi connectivity index (χ1v) is 7.85. The highest BCUT2D eigenvalue weighted by Crippen LogP contribution is 2.35. The number of alkyl halides is 1. The minimum absolute atomic E-state index is 0.572. The zero-order valence-electron chi connectivity index (χ0n) is 9.75. The molecule has 4 atom stereocenters. The largest absolute Gasteiger partial charge is 0.374 e. The molecule has 0 radical (unpaired) electrons. The van der Waals surface area contributed by atoms with E-state index in [4.69, 9.17) is 4.74 Å². The number of rotatable bonds is 3. The van der Waals surface area contributed by atoms with Crippen LogP contribution in [0.2, 0.25) is 0 Å². The van der Waals surface area contributed by atoms with E-state index < -0.39 is 0 Å². The predicted molar refractivity (Wildman–Crippen MR) is 72.6 cm³/mol. The molecule has 2 aliphatic rings. The van der Waals surface area contributed by atoms with Crippen LogP contribution < -0.4 is 0 Å². The number of hydrogen-bond acceptors (Lipinski definition) is 1. The summed E-state index contributed by atoms with van der Waals surface area (Å²) in [5, 5.41) is 0. The molecule has 2 aliphatic carbocycles. The molecule has 2 rings (SSSR count). The van der Waals surface area contributed by atoms with Gasteiger partial charge in [-0.05, 0) is 38.0 Å². The average molecular weight is 322 g/mol. The predicted octanol–water partition coefficient (Wildman–Crippen LogP) is 4.33. The molecule has 0 bridgehead atoms. The standard InChI is InChI=1S/C13H23IO/c1-2-10-6-3-4-8-12(10)15-13-9-5-7-11(13)14/h10-13H,2-9H2,1H3. The van der Waals surface area contributed by atoms with Gasteiger partial charge in [-0.1, -0.05) is 48.8 Å². The van der Waals surface area contributed by atoms with E-state index in [1.807, 2.05) is 0 Å². The Morgan fingerprint density at radius 3 is 2.40 bits per heavy atom. The van der Waals surface area contributed by atoms with Crippen molar-refractivity contribution >= 4 is 22.6 Å². The SMILES string of the molecule is CCC1CCCCC1OC1CCCC1I. The van der Waals surface area contributed by atoms with Crippen LogP contribution in [0.3, 0.4) is 0 Å². The first kappa shape index (κ1) is 12.2. The van der Waals surface area contributed by atoms with Gasteiger partial charge in [-0.2, -0.15) is 0 Å². The summed E-state index contributed by atoms with van der Waals surface area (Å²) in [6, 6.07) is 0. The summed E-state index contributed by atoms with van der Waals surface area (Å²) in [5.41, 5.74) is 0. The Morgan fingerprint density at radius 2 is 1.73 bits per heavy atom. The summed E-state index contributed by atoms with van der Waals surface area (Å²) in [7, 11) is 0. The summed E-state index contributed by atoms with van der Waals surface area (Å²) in [6.07, 6.45) is 12.1. The van der Waals surface area contributed by atoms with Crippen molar-refractivity contribution in [2.45, 2.75) is 74.4 Å². The third kappa shape index (κ3) is 3.09. The summed E-state index contributed by atoms with van der Waals surface area (Å²) in [6.45, 7) is 2.32. The van der Waals surface area contributed by atoms with Crippen molar-refractivity contribution in [3.8, 4) is 0 Å². The van der Waals surface area contributed by atoms with Gasteiger partial charge < -0.3 is 4.74 Å². The highest BCUT2D eigenvalue weighted by atomic mass is 127. The molecule has 0 saturated heterocycles. The van der Waals surface area contributed by atoms with Gasteiger partial charge >= 0.3 is 0 Å².